The second-order valence-electron chi connectivity index (χ2n) is 6.93. The molecule has 1 aliphatic heterocycles. The maximum Gasteiger partial charge on any atom is 0.265 e. The van der Waals surface area contributed by atoms with Crippen molar-refractivity contribution < 1.29 is 9.59 Å². The Morgan fingerprint density at radius 1 is 1.00 bits per heavy atom. The van der Waals surface area contributed by atoms with Crippen LogP contribution in [0.4, 0.5) is 0 Å². The van der Waals surface area contributed by atoms with Gasteiger partial charge in [0, 0.05) is 18.0 Å². The average molecular weight is 468 g/mol. The number of nitrogens with zero attached hydrogens (tertiary/aromatic N) is 5. The first-order valence-corrected chi connectivity index (χ1v) is 11.2. The zero-order chi connectivity index (χ0) is 22.0. The molecule has 1 aromatic carbocycles. The quantitative estimate of drug-likeness (QED) is 0.310. The number of rotatable bonds is 6. The SMILES string of the molecule is C.CCN1C(=O)C(=Cc2ccc(-c3cn(Cc4ccccc4)nn3)s2)C(=O)N(CC)C1=S. The second-order valence-corrected chi connectivity index (χ2v) is 8.41. The van der Waals surface area contributed by atoms with Crippen molar-refractivity contribution in [2.45, 2.75) is 27.8 Å². The van der Waals surface area contributed by atoms with Crippen LogP contribution in [-0.4, -0.2) is 54.8 Å². The zero-order valence-corrected chi connectivity index (χ0v) is 18.8. The largest absolute Gasteiger partial charge is 0.285 e. The van der Waals surface area contributed by atoms with Crippen LogP contribution in [0.15, 0.2) is 54.2 Å². The van der Waals surface area contributed by atoms with Gasteiger partial charge in [-0.25, -0.2) is 4.68 Å². The molecule has 4 rings (SSSR count). The molecular weight excluding hydrogens is 442 g/mol. The number of benzene rings is 1. The molecule has 0 radical (unpaired) electrons. The number of carbonyl (C=O) groups is 2. The number of hydrogen-bond acceptors (Lipinski definition) is 6. The van der Waals surface area contributed by atoms with E-state index >= 15 is 0 Å². The van der Waals surface area contributed by atoms with Gasteiger partial charge in [0.05, 0.1) is 17.6 Å². The van der Waals surface area contributed by atoms with Gasteiger partial charge in [-0.05, 0) is 49.8 Å². The molecule has 0 N–H and O–H groups in total. The topological polar surface area (TPSA) is 71.3 Å². The molecular formula is C23H25N5O2S2. The highest BCUT2D eigenvalue weighted by atomic mass is 32.1. The van der Waals surface area contributed by atoms with Crippen LogP contribution in [0.5, 0.6) is 0 Å². The molecule has 0 aliphatic carbocycles. The first kappa shape index (κ1) is 23.5. The van der Waals surface area contributed by atoms with Crippen LogP contribution >= 0.6 is 23.6 Å². The monoisotopic (exact) mass is 467 g/mol. The van der Waals surface area contributed by atoms with E-state index in [0.29, 0.717) is 19.6 Å². The van der Waals surface area contributed by atoms with Crippen LogP contribution in [-0.2, 0) is 16.1 Å². The van der Waals surface area contributed by atoms with Crippen LogP contribution in [0.3, 0.4) is 0 Å². The van der Waals surface area contributed by atoms with Crippen molar-refractivity contribution in [3.8, 4) is 10.6 Å². The molecule has 7 nitrogen and oxygen atoms in total. The van der Waals surface area contributed by atoms with Gasteiger partial charge in [0.25, 0.3) is 11.8 Å². The third-order valence-electron chi connectivity index (χ3n) is 4.94. The molecule has 1 fully saturated rings. The van der Waals surface area contributed by atoms with E-state index in [9.17, 15) is 9.59 Å². The molecule has 3 aromatic rings. The van der Waals surface area contributed by atoms with Gasteiger partial charge >= 0.3 is 0 Å². The first-order valence-electron chi connectivity index (χ1n) is 9.95. The van der Waals surface area contributed by atoms with Gasteiger partial charge in [0.2, 0.25) is 0 Å². The van der Waals surface area contributed by atoms with Crippen molar-refractivity contribution in [3.63, 3.8) is 0 Å². The Balaban J connectivity index is 0.00000289. The number of thiophene rings is 1. The third kappa shape index (κ3) is 4.53. The van der Waals surface area contributed by atoms with E-state index in [1.807, 2.05) is 62.5 Å². The molecule has 0 saturated carbocycles. The second kappa shape index (κ2) is 9.97. The first-order chi connectivity index (χ1) is 15.0. The predicted octanol–water partition coefficient (Wildman–Crippen LogP) is 4.07. The van der Waals surface area contributed by atoms with Gasteiger partial charge in [-0.15, -0.1) is 16.4 Å². The smallest absolute Gasteiger partial charge is 0.265 e. The maximum absolute atomic E-state index is 12.8. The van der Waals surface area contributed by atoms with E-state index in [0.717, 1.165) is 21.0 Å². The fourth-order valence-corrected chi connectivity index (χ4v) is 4.68. The summed E-state index contributed by atoms with van der Waals surface area (Å²) < 4.78 is 1.79. The Morgan fingerprint density at radius 2 is 1.66 bits per heavy atom. The summed E-state index contributed by atoms with van der Waals surface area (Å²) >= 11 is 6.76. The van der Waals surface area contributed by atoms with E-state index in [-0.39, 0.29) is 29.9 Å². The standard InChI is InChI=1S/C22H21N5O2S2.CH4/c1-3-26-20(28)17(21(29)27(4-2)22(26)30)12-16-10-11-19(31-16)18-14-25(24-23-18)13-15-8-6-5-7-9-15;/h5-12,14H,3-4,13H2,1-2H3;1H4. The van der Waals surface area contributed by atoms with E-state index in [1.54, 1.807) is 10.8 Å². The van der Waals surface area contributed by atoms with E-state index in [1.165, 1.54) is 21.1 Å². The van der Waals surface area contributed by atoms with Crippen LogP contribution in [0.25, 0.3) is 16.6 Å². The Kier molecular flexibility index (Phi) is 7.32. The summed E-state index contributed by atoms with van der Waals surface area (Å²) in [6, 6.07) is 13.8. The van der Waals surface area contributed by atoms with E-state index in [4.69, 9.17) is 12.2 Å². The Hall–Kier alpha value is -3.17. The Morgan fingerprint density at radius 3 is 2.28 bits per heavy atom. The van der Waals surface area contributed by atoms with Gasteiger partial charge in [-0.1, -0.05) is 43.0 Å². The molecule has 1 aliphatic rings. The number of likely N-dealkylation sites (N-methyl/N-ethyl adjacent to an activating group) is 2. The molecule has 166 valence electrons. The average Bonchev–Trinajstić information content (AvgIpc) is 3.42. The minimum Gasteiger partial charge on any atom is -0.285 e. The van der Waals surface area contributed by atoms with Crippen LogP contribution in [0, 0.1) is 0 Å². The minimum atomic E-state index is -0.356. The summed E-state index contributed by atoms with van der Waals surface area (Å²) in [6.07, 6.45) is 3.53. The molecule has 2 aromatic heterocycles. The minimum absolute atomic E-state index is 0. The van der Waals surface area contributed by atoms with Gasteiger partial charge in [0.1, 0.15) is 11.3 Å². The molecule has 2 amide bonds. The highest BCUT2D eigenvalue weighted by molar-refractivity contribution is 7.80. The van der Waals surface area contributed by atoms with Crippen LogP contribution in [0.1, 0.15) is 31.7 Å². The van der Waals surface area contributed by atoms with Crippen LogP contribution in [0.2, 0.25) is 0 Å². The summed E-state index contributed by atoms with van der Waals surface area (Å²) in [5.41, 5.74) is 2.01. The number of aromatic nitrogens is 3. The summed E-state index contributed by atoms with van der Waals surface area (Å²) in [5.74, 6) is -0.711. The lowest BCUT2D eigenvalue weighted by Gasteiger charge is -2.35. The molecule has 0 bridgehead atoms. The Bertz CT molecular complexity index is 1140. The fraction of sp³-hybridized carbons (Fsp3) is 0.261. The van der Waals surface area contributed by atoms with Crippen molar-refractivity contribution >= 4 is 46.6 Å². The van der Waals surface area contributed by atoms with Gasteiger partial charge in [-0.3, -0.25) is 19.4 Å². The predicted molar refractivity (Wildman–Crippen MR) is 131 cm³/mol. The lowest BCUT2D eigenvalue weighted by Crippen LogP contribution is -2.55. The summed E-state index contributed by atoms with van der Waals surface area (Å²) in [7, 11) is 0. The van der Waals surface area contributed by atoms with Gasteiger partial charge in [-0.2, -0.15) is 0 Å². The number of hydrogen-bond donors (Lipinski definition) is 0. The van der Waals surface area contributed by atoms with E-state index in [2.05, 4.69) is 10.3 Å². The van der Waals surface area contributed by atoms with Crippen molar-refractivity contribution in [2.75, 3.05) is 13.1 Å². The number of carbonyl (C=O) groups excluding carboxylic acids is 2. The summed E-state index contributed by atoms with van der Waals surface area (Å²) in [4.78, 5) is 30.2. The molecule has 0 spiro atoms. The highest BCUT2D eigenvalue weighted by Gasteiger charge is 2.37. The Labute approximate surface area is 197 Å². The number of amides is 2. The molecule has 0 unspecified atom stereocenters. The van der Waals surface area contributed by atoms with E-state index < -0.39 is 0 Å². The zero-order valence-electron chi connectivity index (χ0n) is 17.2. The van der Waals surface area contributed by atoms with Crippen molar-refractivity contribution in [1.82, 2.24) is 24.8 Å². The van der Waals surface area contributed by atoms with Gasteiger partial charge < -0.3 is 0 Å². The molecule has 32 heavy (non-hydrogen) atoms. The third-order valence-corrected chi connectivity index (χ3v) is 6.43. The van der Waals surface area contributed by atoms with Crippen molar-refractivity contribution in [3.05, 3.63) is 64.7 Å². The van der Waals surface area contributed by atoms with Crippen molar-refractivity contribution in [2.24, 2.45) is 0 Å². The maximum atomic E-state index is 12.8. The fourth-order valence-electron chi connectivity index (χ4n) is 3.35. The molecule has 9 heteroatoms. The molecule has 3 heterocycles. The summed E-state index contributed by atoms with van der Waals surface area (Å²) in [6.45, 7) is 5.15. The summed E-state index contributed by atoms with van der Waals surface area (Å²) in [5, 5.41) is 8.74. The lowest BCUT2D eigenvalue weighted by atomic mass is 10.1. The number of thiocarbonyl (C=S) groups is 1. The molecule has 0 atom stereocenters. The van der Waals surface area contributed by atoms with Crippen molar-refractivity contribution in [1.29, 1.82) is 0 Å². The lowest BCUT2D eigenvalue weighted by molar-refractivity contribution is -0.133. The molecule has 1 saturated heterocycles. The van der Waals surface area contributed by atoms with Crippen LogP contribution < -0.4 is 0 Å². The highest BCUT2D eigenvalue weighted by Crippen LogP contribution is 2.29. The normalized spacial score (nSPS) is 14.1. The van der Waals surface area contributed by atoms with Gasteiger partial charge in [0.15, 0.2) is 5.11 Å².